The van der Waals surface area contributed by atoms with Crippen LogP contribution in [0.4, 0.5) is 0 Å². The number of aliphatic hydroxyl groups excluding tert-OH is 1. The van der Waals surface area contributed by atoms with E-state index >= 15 is 0 Å². The fraction of sp³-hybridized carbons (Fsp3) is 1.00. The quantitative estimate of drug-likeness (QED) is 0.760. The molecule has 2 aliphatic carbocycles. The fourth-order valence-electron chi connectivity index (χ4n) is 4.35. The molecule has 2 saturated carbocycles. The molecular weight excluding hydrogens is 200 g/mol. The van der Waals surface area contributed by atoms with Crippen molar-refractivity contribution in [2.24, 2.45) is 17.3 Å². The van der Waals surface area contributed by atoms with E-state index in [1.165, 1.54) is 19.3 Å². The molecular formula is C14H26O2. The zero-order chi connectivity index (χ0) is 11.8. The molecule has 0 radical (unpaired) electrons. The first-order chi connectivity index (χ1) is 7.51. The summed E-state index contributed by atoms with van der Waals surface area (Å²) in [5, 5.41) is 20.7. The fourth-order valence-corrected chi connectivity index (χ4v) is 4.35. The molecule has 2 rings (SSSR count). The Morgan fingerprint density at radius 3 is 2.00 bits per heavy atom. The Kier molecular flexibility index (Phi) is 3.33. The van der Waals surface area contributed by atoms with Gasteiger partial charge in [0.2, 0.25) is 0 Å². The average Bonchev–Trinajstić information content (AvgIpc) is 2.64. The summed E-state index contributed by atoms with van der Waals surface area (Å²) in [7, 11) is 0. The van der Waals surface area contributed by atoms with Crippen LogP contribution in [0, 0.1) is 17.3 Å². The largest absolute Gasteiger partial charge is 0.396 e. The maximum atomic E-state index is 11.0. The molecule has 0 bridgehead atoms. The van der Waals surface area contributed by atoms with Gasteiger partial charge in [0.1, 0.15) is 0 Å². The van der Waals surface area contributed by atoms with E-state index in [0.29, 0.717) is 11.8 Å². The summed E-state index contributed by atoms with van der Waals surface area (Å²) in [4.78, 5) is 0. The van der Waals surface area contributed by atoms with Crippen molar-refractivity contribution in [2.45, 2.75) is 64.4 Å². The molecule has 0 aromatic carbocycles. The van der Waals surface area contributed by atoms with E-state index in [9.17, 15) is 10.2 Å². The van der Waals surface area contributed by atoms with Crippen LogP contribution in [0.1, 0.15) is 58.8 Å². The highest BCUT2D eigenvalue weighted by Gasteiger charge is 2.53. The van der Waals surface area contributed by atoms with E-state index in [1.54, 1.807) is 0 Å². The van der Waals surface area contributed by atoms with E-state index in [1.807, 2.05) is 0 Å². The lowest BCUT2D eigenvalue weighted by Gasteiger charge is -2.50. The molecule has 0 aliphatic heterocycles. The molecule has 2 fully saturated rings. The Morgan fingerprint density at radius 1 is 1.06 bits per heavy atom. The SMILES string of the molecule is CC1CC(C)CC(O)(C2(CO)CCCC2)C1. The van der Waals surface area contributed by atoms with Crippen LogP contribution in [-0.2, 0) is 0 Å². The highest BCUT2D eigenvalue weighted by atomic mass is 16.3. The minimum Gasteiger partial charge on any atom is -0.396 e. The Hall–Kier alpha value is -0.0800. The molecule has 2 nitrogen and oxygen atoms in total. The third-order valence-electron chi connectivity index (χ3n) is 5.03. The Labute approximate surface area is 99.1 Å². The van der Waals surface area contributed by atoms with Crippen LogP contribution in [0.2, 0.25) is 0 Å². The average molecular weight is 226 g/mol. The molecule has 2 atom stereocenters. The second kappa shape index (κ2) is 4.30. The van der Waals surface area contributed by atoms with E-state index in [2.05, 4.69) is 13.8 Å². The molecule has 0 aromatic rings. The molecule has 2 aliphatic rings. The normalized spacial score (nSPS) is 43.5. The van der Waals surface area contributed by atoms with Crippen molar-refractivity contribution < 1.29 is 10.2 Å². The summed E-state index contributed by atoms with van der Waals surface area (Å²) >= 11 is 0. The van der Waals surface area contributed by atoms with Crippen LogP contribution in [0.5, 0.6) is 0 Å². The van der Waals surface area contributed by atoms with E-state index in [0.717, 1.165) is 25.7 Å². The van der Waals surface area contributed by atoms with E-state index in [-0.39, 0.29) is 12.0 Å². The van der Waals surface area contributed by atoms with Crippen LogP contribution in [0.3, 0.4) is 0 Å². The van der Waals surface area contributed by atoms with Gasteiger partial charge in [-0.2, -0.15) is 0 Å². The highest BCUT2D eigenvalue weighted by Crippen LogP contribution is 2.53. The van der Waals surface area contributed by atoms with Crippen molar-refractivity contribution in [2.75, 3.05) is 6.61 Å². The number of aliphatic hydroxyl groups is 2. The van der Waals surface area contributed by atoms with Crippen molar-refractivity contribution in [3.63, 3.8) is 0 Å². The van der Waals surface area contributed by atoms with Crippen LogP contribution in [0.15, 0.2) is 0 Å². The van der Waals surface area contributed by atoms with Gasteiger partial charge in [0, 0.05) is 5.41 Å². The van der Waals surface area contributed by atoms with E-state index < -0.39 is 5.60 Å². The highest BCUT2D eigenvalue weighted by molar-refractivity contribution is 5.04. The van der Waals surface area contributed by atoms with Crippen molar-refractivity contribution in [3.05, 3.63) is 0 Å². The van der Waals surface area contributed by atoms with Gasteiger partial charge < -0.3 is 10.2 Å². The summed E-state index contributed by atoms with van der Waals surface area (Å²) in [6.45, 7) is 4.64. The lowest BCUT2D eigenvalue weighted by molar-refractivity contribution is -0.146. The predicted octanol–water partition coefficient (Wildman–Crippen LogP) is 2.73. The number of hydrogen-bond donors (Lipinski definition) is 2. The third-order valence-corrected chi connectivity index (χ3v) is 5.03. The maximum Gasteiger partial charge on any atom is 0.0730 e. The van der Waals surface area contributed by atoms with Crippen LogP contribution in [0.25, 0.3) is 0 Å². The summed E-state index contributed by atoms with van der Waals surface area (Å²) in [5.41, 5.74) is -0.786. The van der Waals surface area contributed by atoms with Gasteiger partial charge in [0.05, 0.1) is 12.2 Å². The van der Waals surface area contributed by atoms with Crippen LogP contribution >= 0.6 is 0 Å². The minimum atomic E-state index is -0.602. The van der Waals surface area contributed by atoms with Gasteiger partial charge in [-0.05, 0) is 43.9 Å². The minimum absolute atomic E-state index is 0.170. The molecule has 0 aromatic heterocycles. The molecule has 0 saturated heterocycles. The number of hydrogen-bond acceptors (Lipinski definition) is 2. The van der Waals surface area contributed by atoms with Gasteiger partial charge in [-0.15, -0.1) is 0 Å². The van der Waals surface area contributed by atoms with Crippen molar-refractivity contribution in [1.82, 2.24) is 0 Å². The van der Waals surface area contributed by atoms with E-state index in [4.69, 9.17) is 0 Å². The van der Waals surface area contributed by atoms with Crippen molar-refractivity contribution >= 4 is 0 Å². The molecule has 2 heteroatoms. The van der Waals surface area contributed by atoms with Crippen LogP contribution < -0.4 is 0 Å². The monoisotopic (exact) mass is 226 g/mol. The first kappa shape index (κ1) is 12.4. The Morgan fingerprint density at radius 2 is 1.56 bits per heavy atom. The first-order valence-corrected chi connectivity index (χ1v) is 6.85. The smallest absolute Gasteiger partial charge is 0.0730 e. The van der Waals surface area contributed by atoms with Crippen molar-refractivity contribution in [3.8, 4) is 0 Å². The second-order valence-electron chi connectivity index (χ2n) is 6.53. The summed E-state index contributed by atoms with van der Waals surface area (Å²) in [6.07, 6.45) is 7.37. The molecule has 2 unspecified atom stereocenters. The topological polar surface area (TPSA) is 40.5 Å². The van der Waals surface area contributed by atoms with Crippen LogP contribution in [-0.4, -0.2) is 22.4 Å². The lowest BCUT2D eigenvalue weighted by atomic mass is 9.60. The Balaban J connectivity index is 2.21. The van der Waals surface area contributed by atoms with Gasteiger partial charge in [-0.3, -0.25) is 0 Å². The predicted molar refractivity (Wildman–Crippen MR) is 65.1 cm³/mol. The van der Waals surface area contributed by atoms with Gasteiger partial charge >= 0.3 is 0 Å². The third kappa shape index (κ3) is 1.91. The molecule has 94 valence electrons. The summed E-state index contributed by atoms with van der Waals surface area (Å²) in [6, 6.07) is 0. The van der Waals surface area contributed by atoms with Gasteiger partial charge in [0.25, 0.3) is 0 Å². The lowest BCUT2D eigenvalue weighted by Crippen LogP contribution is -2.53. The molecule has 16 heavy (non-hydrogen) atoms. The zero-order valence-corrected chi connectivity index (χ0v) is 10.7. The van der Waals surface area contributed by atoms with Gasteiger partial charge in [-0.25, -0.2) is 0 Å². The molecule has 0 spiro atoms. The standard InChI is InChI=1S/C14H26O2/c1-11-7-12(2)9-14(16,8-11)13(10-15)5-3-4-6-13/h11-12,15-16H,3-10H2,1-2H3. The first-order valence-electron chi connectivity index (χ1n) is 6.85. The maximum absolute atomic E-state index is 11.0. The summed E-state index contributed by atoms with van der Waals surface area (Å²) in [5.74, 6) is 1.19. The van der Waals surface area contributed by atoms with Gasteiger partial charge in [-0.1, -0.05) is 26.7 Å². The second-order valence-corrected chi connectivity index (χ2v) is 6.53. The zero-order valence-electron chi connectivity index (χ0n) is 10.7. The van der Waals surface area contributed by atoms with Crippen molar-refractivity contribution in [1.29, 1.82) is 0 Å². The van der Waals surface area contributed by atoms with Gasteiger partial charge in [0.15, 0.2) is 0 Å². The molecule has 0 amide bonds. The summed E-state index contributed by atoms with van der Waals surface area (Å²) < 4.78 is 0. The molecule has 2 N–H and O–H groups in total. The molecule has 0 heterocycles. The Bertz CT molecular complexity index is 233. The number of rotatable bonds is 2.